The van der Waals surface area contributed by atoms with Gasteiger partial charge in [-0.05, 0) is 38.6 Å². The number of aromatic carboxylic acids is 1. The first-order valence-corrected chi connectivity index (χ1v) is 7.44. The van der Waals surface area contributed by atoms with Gasteiger partial charge in [-0.3, -0.25) is 4.79 Å². The summed E-state index contributed by atoms with van der Waals surface area (Å²) in [5.74, 6) is -1.36. The molecular formula is C16H25N3O3. The molecule has 1 rings (SSSR count). The minimum atomic E-state index is -1.06. The van der Waals surface area contributed by atoms with Crippen LogP contribution in [0, 0.1) is 0 Å². The van der Waals surface area contributed by atoms with Gasteiger partial charge in [0.05, 0.1) is 11.3 Å². The Kier molecular flexibility index (Phi) is 6.85. The fourth-order valence-corrected chi connectivity index (χ4v) is 2.04. The summed E-state index contributed by atoms with van der Waals surface area (Å²) >= 11 is 0. The van der Waals surface area contributed by atoms with Crippen LogP contribution in [0.1, 0.15) is 37.6 Å². The van der Waals surface area contributed by atoms with Crippen LogP contribution in [0.15, 0.2) is 18.2 Å². The number of carbonyl (C=O) groups is 2. The Hall–Kier alpha value is -2.08. The molecule has 0 aromatic heterocycles. The Morgan fingerprint density at radius 1 is 1.36 bits per heavy atom. The van der Waals surface area contributed by atoms with Crippen molar-refractivity contribution in [2.75, 3.05) is 30.8 Å². The average molecular weight is 307 g/mol. The number of amides is 1. The van der Waals surface area contributed by atoms with Crippen molar-refractivity contribution >= 4 is 23.3 Å². The van der Waals surface area contributed by atoms with Crippen molar-refractivity contribution in [3.05, 3.63) is 23.8 Å². The summed E-state index contributed by atoms with van der Waals surface area (Å²) in [6.45, 7) is 7.31. The summed E-state index contributed by atoms with van der Waals surface area (Å²) < 4.78 is 0. The Morgan fingerprint density at radius 2 is 2.05 bits per heavy atom. The number of nitrogens with zero attached hydrogens (tertiary/aromatic N) is 1. The molecule has 1 atom stereocenters. The lowest BCUT2D eigenvalue weighted by Gasteiger charge is -2.23. The molecule has 1 amide bonds. The molecule has 122 valence electrons. The fraction of sp³-hybridized carbons (Fsp3) is 0.500. The third-order valence-corrected chi connectivity index (χ3v) is 3.70. The van der Waals surface area contributed by atoms with Crippen LogP contribution in [0.3, 0.4) is 0 Å². The number of hydrogen-bond donors (Lipinski definition) is 3. The second-order valence-electron chi connectivity index (χ2n) is 5.41. The lowest BCUT2D eigenvalue weighted by Crippen LogP contribution is -2.32. The van der Waals surface area contributed by atoms with Crippen molar-refractivity contribution in [1.82, 2.24) is 4.90 Å². The zero-order valence-corrected chi connectivity index (χ0v) is 13.6. The highest BCUT2D eigenvalue weighted by molar-refractivity contribution is 6.00. The van der Waals surface area contributed by atoms with E-state index in [1.807, 2.05) is 0 Å². The zero-order chi connectivity index (χ0) is 16.7. The smallest absolute Gasteiger partial charge is 0.337 e. The molecule has 1 unspecified atom stereocenters. The number of rotatable bonds is 8. The molecule has 0 aliphatic heterocycles. The predicted octanol–water partition coefficient (Wildman–Crippen LogP) is 2.49. The number of carboxylic acids is 1. The van der Waals surface area contributed by atoms with Gasteiger partial charge >= 0.3 is 5.97 Å². The van der Waals surface area contributed by atoms with Gasteiger partial charge in [0.15, 0.2) is 0 Å². The highest BCUT2D eigenvalue weighted by Gasteiger charge is 2.12. The van der Waals surface area contributed by atoms with Crippen LogP contribution in [-0.4, -0.2) is 48.1 Å². The largest absolute Gasteiger partial charge is 0.478 e. The Bertz CT molecular complexity index is 531. The van der Waals surface area contributed by atoms with Crippen molar-refractivity contribution in [3.63, 3.8) is 0 Å². The third-order valence-electron chi connectivity index (χ3n) is 3.70. The first kappa shape index (κ1) is 18.0. The fourth-order valence-electron chi connectivity index (χ4n) is 2.04. The van der Waals surface area contributed by atoms with E-state index in [2.05, 4.69) is 36.4 Å². The normalized spacial score (nSPS) is 12.0. The molecule has 22 heavy (non-hydrogen) atoms. The van der Waals surface area contributed by atoms with Gasteiger partial charge in [-0.1, -0.05) is 6.92 Å². The number of anilines is 2. The Labute approximate surface area is 131 Å². The molecular weight excluding hydrogens is 282 g/mol. The summed E-state index contributed by atoms with van der Waals surface area (Å²) in [6, 6.07) is 5.37. The van der Waals surface area contributed by atoms with E-state index in [1.165, 1.54) is 13.0 Å². The van der Waals surface area contributed by atoms with Crippen molar-refractivity contribution in [1.29, 1.82) is 0 Å². The molecule has 1 aromatic rings. The molecule has 0 spiro atoms. The number of carboxylic acid groups (broad SMARTS) is 1. The minimum absolute atomic E-state index is 0.0810. The van der Waals surface area contributed by atoms with Crippen LogP contribution in [-0.2, 0) is 4.79 Å². The molecule has 0 saturated carbocycles. The van der Waals surface area contributed by atoms with Gasteiger partial charge in [0.1, 0.15) is 0 Å². The summed E-state index contributed by atoms with van der Waals surface area (Å²) in [5.41, 5.74) is 1.17. The second-order valence-corrected chi connectivity index (χ2v) is 5.41. The first-order valence-electron chi connectivity index (χ1n) is 7.44. The Morgan fingerprint density at radius 3 is 2.59 bits per heavy atom. The molecule has 0 saturated heterocycles. The third kappa shape index (κ3) is 5.37. The van der Waals surface area contributed by atoms with Gasteiger partial charge in [-0.2, -0.15) is 0 Å². The molecule has 0 heterocycles. The van der Waals surface area contributed by atoms with E-state index < -0.39 is 5.97 Å². The average Bonchev–Trinajstić information content (AvgIpc) is 2.45. The first-order chi connectivity index (χ1) is 10.3. The molecule has 1 aromatic carbocycles. The van der Waals surface area contributed by atoms with Gasteiger partial charge in [-0.15, -0.1) is 0 Å². The topological polar surface area (TPSA) is 81.7 Å². The van der Waals surface area contributed by atoms with Crippen molar-refractivity contribution in [3.8, 4) is 0 Å². The highest BCUT2D eigenvalue weighted by atomic mass is 16.4. The van der Waals surface area contributed by atoms with Crippen LogP contribution in [0.5, 0.6) is 0 Å². The van der Waals surface area contributed by atoms with Gasteiger partial charge in [-0.25, -0.2) is 4.79 Å². The van der Waals surface area contributed by atoms with Gasteiger partial charge in [0.2, 0.25) is 5.91 Å². The molecule has 6 heteroatoms. The SMILES string of the molecule is CCC(C)N(C)CCNc1ccc(C(=O)O)c(NC(C)=O)c1. The molecule has 0 fully saturated rings. The molecule has 3 N–H and O–H groups in total. The van der Waals surface area contributed by atoms with Crippen molar-refractivity contribution < 1.29 is 14.7 Å². The van der Waals surface area contributed by atoms with E-state index in [0.717, 1.165) is 25.2 Å². The lowest BCUT2D eigenvalue weighted by atomic mass is 10.1. The van der Waals surface area contributed by atoms with Crippen LogP contribution in [0.4, 0.5) is 11.4 Å². The van der Waals surface area contributed by atoms with E-state index in [0.29, 0.717) is 11.7 Å². The number of carbonyl (C=O) groups excluding carboxylic acids is 1. The van der Waals surface area contributed by atoms with Crippen LogP contribution < -0.4 is 10.6 Å². The van der Waals surface area contributed by atoms with E-state index in [9.17, 15) is 9.59 Å². The molecule has 0 aliphatic carbocycles. The molecule has 0 bridgehead atoms. The quantitative estimate of drug-likeness (QED) is 0.687. The summed E-state index contributed by atoms with van der Waals surface area (Å²) in [4.78, 5) is 24.6. The second kappa shape index (κ2) is 8.38. The van der Waals surface area contributed by atoms with Crippen molar-refractivity contribution in [2.45, 2.75) is 33.2 Å². The maximum Gasteiger partial charge on any atom is 0.337 e. The molecule has 6 nitrogen and oxygen atoms in total. The maximum absolute atomic E-state index is 11.2. The monoisotopic (exact) mass is 307 g/mol. The van der Waals surface area contributed by atoms with Crippen molar-refractivity contribution in [2.24, 2.45) is 0 Å². The number of likely N-dealkylation sites (N-methyl/N-ethyl adjacent to an activating group) is 1. The van der Waals surface area contributed by atoms with Crippen LogP contribution in [0.25, 0.3) is 0 Å². The maximum atomic E-state index is 11.2. The highest BCUT2D eigenvalue weighted by Crippen LogP contribution is 2.21. The number of benzene rings is 1. The van der Waals surface area contributed by atoms with E-state index in [-0.39, 0.29) is 11.5 Å². The lowest BCUT2D eigenvalue weighted by molar-refractivity contribution is -0.114. The van der Waals surface area contributed by atoms with Gasteiger partial charge < -0.3 is 20.6 Å². The van der Waals surface area contributed by atoms with Crippen LogP contribution in [0.2, 0.25) is 0 Å². The van der Waals surface area contributed by atoms with E-state index in [1.54, 1.807) is 12.1 Å². The minimum Gasteiger partial charge on any atom is -0.478 e. The predicted molar refractivity (Wildman–Crippen MR) is 88.6 cm³/mol. The Balaban J connectivity index is 2.72. The van der Waals surface area contributed by atoms with Gasteiger partial charge in [0.25, 0.3) is 0 Å². The van der Waals surface area contributed by atoms with Crippen LogP contribution >= 0.6 is 0 Å². The van der Waals surface area contributed by atoms with E-state index >= 15 is 0 Å². The standard InChI is InChI=1S/C16H25N3O3/c1-5-11(2)19(4)9-8-17-13-6-7-14(16(21)22)15(10-13)18-12(3)20/h6-7,10-11,17H,5,8-9H2,1-4H3,(H,18,20)(H,21,22). The zero-order valence-electron chi connectivity index (χ0n) is 13.6. The number of nitrogens with one attached hydrogen (secondary N) is 2. The summed E-state index contributed by atoms with van der Waals surface area (Å²) in [6.07, 6.45) is 1.09. The summed E-state index contributed by atoms with van der Waals surface area (Å²) in [5, 5.41) is 14.9. The number of hydrogen-bond acceptors (Lipinski definition) is 4. The van der Waals surface area contributed by atoms with E-state index in [4.69, 9.17) is 5.11 Å². The summed E-state index contributed by atoms with van der Waals surface area (Å²) in [7, 11) is 2.08. The molecule has 0 radical (unpaired) electrons. The van der Waals surface area contributed by atoms with Gasteiger partial charge in [0, 0.05) is 31.7 Å². The molecule has 0 aliphatic rings.